The normalized spacial score (nSPS) is 17.6. The second-order valence-electron chi connectivity index (χ2n) is 7.46. The number of ether oxygens (including phenoxy) is 1. The minimum atomic E-state index is -0.700. The number of nitrogens with zero attached hydrogens (tertiary/aromatic N) is 3. The highest BCUT2D eigenvalue weighted by Crippen LogP contribution is 2.23. The van der Waals surface area contributed by atoms with Crippen LogP contribution in [0.25, 0.3) is 22.2 Å². The lowest BCUT2D eigenvalue weighted by atomic mass is 10.1. The number of aryl methyl sites for hydroxylation is 1. The van der Waals surface area contributed by atoms with Crippen LogP contribution in [0.3, 0.4) is 0 Å². The molecule has 2 N–H and O–H groups in total. The third-order valence-corrected chi connectivity index (χ3v) is 5.27. The topological polar surface area (TPSA) is 122 Å². The van der Waals surface area contributed by atoms with Crippen molar-refractivity contribution in [3.05, 3.63) is 52.8 Å². The Morgan fingerprint density at radius 2 is 2.23 bits per heavy atom. The standard InChI is InChI=1S/C22H23N5O4/c1-27-18-9-14(4-6-19(18)31-22(27)29)15-3-5-16(25-12-15)10-17(11-23)26-21(28)20-13-24-7-2-8-30-20/h3-6,9,12,17,20,24H,2,7-8,10,13H2,1H3,(H,26,28)/t17?,20-/m0/s1. The van der Waals surface area contributed by atoms with Crippen LogP contribution in [-0.4, -0.2) is 47.3 Å². The predicted octanol–water partition coefficient (Wildman–Crippen LogP) is 1.12. The van der Waals surface area contributed by atoms with Crippen molar-refractivity contribution in [3.63, 3.8) is 0 Å². The number of fused-ring (bicyclic) bond motifs is 1. The Morgan fingerprint density at radius 1 is 1.39 bits per heavy atom. The summed E-state index contributed by atoms with van der Waals surface area (Å²) in [6.07, 6.45) is 2.26. The fourth-order valence-electron chi connectivity index (χ4n) is 3.51. The van der Waals surface area contributed by atoms with Crippen LogP contribution in [0.4, 0.5) is 0 Å². The molecule has 0 saturated carbocycles. The Kier molecular flexibility index (Phi) is 6.11. The summed E-state index contributed by atoms with van der Waals surface area (Å²) in [6.45, 7) is 1.76. The van der Waals surface area contributed by atoms with Gasteiger partial charge in [0.1, 0.15) is 12.1 Å². The van der Waals surface area contributed by atoms with E-state index in [2.05, 4.69) is 21.7 Å². The molecule has 9 heteroatoms. The predicted molar refractivity (Wildman–Crippen MR) is 113 cm³/mol. The molecule has 160 valence electrons. The van der Waals surface area contributed by atoms with Crippen LogP contribution in [0.5, 0.6) is 0 Å². The van der Waals surface area contributed by atoms with E-state index in [0.29, 0.717) is 29.9 Å². The van der Waals surface area contributed by atoms with Gasteiger partial charge in [0.15, 0.2) is 5.58 Å². The fourth-order valence-corrected chi connectivity index (χ4v) is 3.51. The summed E-state index contributed by atoms with van der Waals surface area (Å²) in [5.41, 5.74) is 3.68. The first-order chi connectivity index (χ1) is 15.0. The largest absolute Gasteiger partial charge is 0.419 e. The van der Waals surface area contributed by atoms with Gasteiger partial charge in [0, 0.05) is 44.1 Å². The highest BCUT2D eigenvalue weighted by molar-refractivity contribution is 5.82. The number of carbonyl (C=O) groups is 1. The Hall–Kier alpha value is -3.48. The van der Waals surface area contributed by atoms with E-state index in [1.54, 1.807) is 19.3 Å². The van der Waals surface area contributed by atoms with Crippen LogP contribution in [0.2, 0.25) is 0 Å². The summed E-state index contributed by atoms with van der Waals surface area (Å²) in [5, 5.41) is 15.4. The smallest absolute Gasteiger partial charge is 0.408 e. The van der Waals surface area contributed by atoms with E-state index in [1.165, 1.54) is 4.57 Å². The second-order valence-corrected chi connectivity index (χ2v) is 7.46. The average molecular weight is 421 g/mol. The van der Waals surface area contributed by atoms with Crippen LogP contribution < -0.4 is 16.4 Å². The first kappa shape index (κ1) is 20.8. The van der Waals surface area contributed by atoms with E-state index in [4.69, 9.17) is 9.15 Å². The Balaban J connectivity index is 1.43. The Bertz CT molecular complexity index is 1170. The monoisotopic (exact) mass is 421 g/mol. The summed E-state index contributed by atoms with van der Waals surface area (Å²) in [5.74, 6) is -0.702. The second kappa shape index (κ2) is 9.12. The summed E-state index contributed by atoms with van der Waals surface area (Å²) in [7, 11) is 1.66. The van der Waals surface area contributed by atoms with Crippen molar-refractivity contribution in [2.45, 2.75) is 25.0 Å². The summed E-state index contributed by atoms with van der Waals surface area (Å²) < 4.78 is 12.2. The molecule has 31 heavy (non-hydrogen) atoms. The van der Waals surface area contributed by atoms with Crippen LogP contribution >= 0.6 is 0 Å². The molecule has 1 fully saturated rings. The van der Waals surface area contributed by atoms with Crippen molar-refractivity contribution in [3.8, 4) is 17.2 Å². The van der Waals surface area contributed by atoms with Crippen molar-refractivity contribution in [1.29, 1.82) is 5.26 Å². The lowest BCUT2D eigenvalue weighted by molar-refractivity contribution is -0.132. The van der Waals surface area contributed by atoms with Crippen LogP contribution in [0, 0.1) is 11.3 Å². The summed E-state index contributed by atoms with van der Waals surface area (Å²) >= 11 is 0. The molecule has 0 bridgehead atoms. The van der Waals surface area contributed by atoms with Crippen molar-refractivity contribution in [1.82, 2.24) is 20.2 Å². The van der Waals surface area contributed by atoms with E-state index in [9.17, 15) is 14.9 Å². The number of benzene rings is 1. The first-order valence-electron chi connectivity index (χ1n) is 10.1. The molecule has 9 nitrogen and oxygen atoms in total. The minimum absolute atomic E-state index is 0.290. The lowest BCUT2D eigenvalue weighted by Crippen LogP contribution is -2.46. The maximum atomic E-state index is 12.4. The van der Waals surface area contributed by atoms with Crippen molar-refractivity contribution < 1.29 is 13.9 Å². The number of carbonyl (C=O) groups excluding carboxylic acids is 1. The van der Waals surface area contributed by atoms with Gasteiger partial charge in [-0.2, -0.15) is 5.26 Å². The molecular formula is C22H23N5O4. The number of hydrogen-bond donors (Lipinski definition) is 2. The summed E-state index contributed by atoms with van der Waals surface area (Å²) in [6, 6.07) is 10.6. The van der Waals surface area contributed by atoms with E-state index in [0.717, 1.165) is 24.1 Å². The molecule has 1 aromatic carbocycles. The van der Waals surface area contributed by atoms with Crippen molar-refractivity contribution >= 4 is 17.0 Å². The zero-order valence-corrected chi connectivity index (χ0v) is 17.1. The molecule has 4 rings (SSSR count). The zero-order chi connectivity index (χ0) is 21.8. The maximum Gasteiger partial charge on any atom is 0.419 e. The molecule has 0 radical (unpaired) electrons. The first-order valence-corrected chi connectivity index (χ1v) is 10.1. The molecule has 3 heterocycles. The minimum Gasteiger partial charge on any atom is -0.408 e. The Morgan fingerprint density at radius 3 is 3.00 bits per heavy atom. The SMILES string of the molecule is Cn1c(=O)oc2ccc(-c3ccc(CC(C#N)NC(=O)[C@@H]4CNCCCO4)nc3)cc21. The number of aromatic nitrogens is 2. The maximum absolute atomic E-state index is 12.4. The van der Waals surface area contributed by atoms with Gasteiger partial charge in [-0.25, -0.2) is 4.79 Å². The third kappa shape index (κ3) is 4.66. The number of hydrogen-bond acceptors (Lipinski definition) is 7. The fraction of sp³-hybridized carbons (Fsp3) is 0.364. The van der Waals surface area contributed by atoms with Crippen molar-refractivity contribution in [2.24, 2.45) is 7.05 Å². The number of nitriles is 1. The molecule has 1 amide bonds. The molecule has 3 aromatic rings. The molecule has 2 aromatic heterocycles. The van der Waals surface area contributed by atoms with E-state index < -0.39 is 17.9 Å². The average Bonchev–Trinajstić information content (AvgIpc) is 2.96. The zero-order valence-electron chi connectivity index (χ0n) is 17.1. The number of rotatable bonds is 5. The summed E-state index contributed by atoms with van der Waals surface area (Å²) in [4.78, 5) is 28.5. The van der Waals surface area contributed by atoms with Crippen LogP contribution in [0.15, 0.2) is 45.7 Å². The van der Waals surface area contributed by atoms with Gasteiger partial charge in [-0.3, -0.25) is 14.3 Å². The van der Waals surface area contributed by atoms with Gasteiger partial charge >= 0.3 is 5.76 Å². The van der Waals surface area contributed by atoms with E-state index in [-0.39, 0.29) is 12.3 Å². The van der Waals surface area contributed by atoms with E-state index >= 15 is 0 Å². The van der Waals surface area contributed by atoms with Gasteiger partial charge < -0.3 is 19.8 Å². The molecule has 0 spiro atoms. The number of pyridine rings is 1. The highest BCUT2D eigenvalue weighted by atomic mass is 16.5. The quantitative estimate of drug-likeness (QED) is 0.633. The van der Waals surface area contributed by atoms with Gasteiger partial charge in [-0.15, -0.1) is 0 Å². The van der Waals surface area contributed by atoms with Gasteiger partial charge in [0.2, 0.25) is 0 Å². The molecule has 1 aliphatic heterocycles. The van der Waals surface area contributed by atoms with Gasteiger partial charge in [-0.05, 0) is 36.7 Å². The van der Waals surface area contributed by atoms with Crippen LogP contribution in [-0.2, 0) is 23.0 Å². The lowest BCUT2D eigenvalue weighted by Gasteiger charge is -2.17. The Labute approximate surface area is 178 Å². The van der Waals surface area contributed by atoms with Crippen LogP contribution in [0.1, 0.15) is 12.1 Å². The third-order valence-electron chi connectivity index (χ3n) is 5.27. The molecular weight excluding hydrogens is 398 g/mol. The highest BCUT2D eigenvalue weighted by Gasteiger charge is 2.23. The van der Waals surface area contributed by atoms with Gasteiger partial charge in [-0.1, -0.05) is 12.1 Å². The van der Waals surface area contributed by atoms with Crippen molar-refractivity contribution in [2.75, 3.05) is 19.7 Å². The molecule has 1 aliphatic rings. The number of oxazole rings is 1. The number of amides is 1. The molecule has 2 atom stereocenters. The van der Waals surface area contributed by atoms with Gasteiger partial charge in [0.25, 0.3) is 5.91 Å². The van der Waals surface area contributed by atoms with E-state index in [1.807, 2.05) is 24.3 Å². The molecule has 0 aliphatic carbocycles. The number of nitrogens with one attached hydrogen (secondary N) is 2. The molecule has 1 unspecified atom stereocenters. The van der Waals surface area contributed by atoms with Gasteiger partial charge in [0.05, 0.1) is 11.6 Å². The molecule has 1 saturated heterocycles.